The number of nitrogens with one attached hydrogen (secondary N) is 1. The second kappa shape index (κ2) is 9.89. The second-order valence-corrected chi connectivity index (χ2v) is 9.91. The summed E-state index contributed by atoms with van der Waals surface area (Å²) in [6.07, 6.45) is 6.92. The molecule has 0 radical (unpaired) electrons. The zero-order valence-electron chi connectivity index (χ0n) is 18.5. The minimum Gasteiger partial charge on any atom is -0.472 e. The highest BCUT2D eigenvalue weighted by Gasteiger charge is 2.27. The van der Waals surface area contributed by atoms with Gasteiger partial charge < -0.3 is 9.32 Å². The van der Waals surface area contributed by atoms with Crippen LogP contribution in [0.1, 0.15) is 39.3 Å². The molecule has 2 aromatic heterocycles. The summed E-state index contributed by atoms with van der Waals surface area (Å²) in [5, 5.41) is 3.44. The van der Waals surface area contributed by atoms with Crippen molar-refractivity contribution < 1.29 is 14.0 Å². The van der Waals surface area contributed by atoms with Crippen LogP contribution in [-0.2, 0) is 24.2 Å². The molecule has 5 rings (SSSR count). The minimum absolute atomic E-state index is 0.217. The van der Waals surface area contributed by atoms with E-state index in [0.29, 0.717) is 29.7 Å². The largest absolute Gasteiger partial charge is 0.472 e. The summed E-state index contributed by atoms with van der Waals surface area (Å²) in [6, 6.07) is 12.3. The van der Waals surface area contributed by atoms with Gasteiger partial charge in [0.2, 0.25) is 5.91 Å². The van der Waals surface area contributed by atoms with Crippen LogP contribution in [0.25, 0.3) is 0 Å². The van der Waals surface area contributed by atoms with Gasteiger partial charge >= 0.3 is 0 Å². The summed E-state index contributed by atoms with van der Waals surface area (Å²) < 4.78 is 4.97. The molecule has 2 aliphatic rings. The van der Waals surface area contributed by atoms with Crippen LogP contribution in [0.5, 0.6) is 0 Å². The van der Waals surface area contributed by atoms with E-state index in [9.17, 15) is 9.59 Å². The maximum atomic E-state index is 12.9. The fourth-order valence-corrected chi connectivity index (χ4v) is 5.67. The van der Waals surface area contributed by atoms with Crippen molar-refractivity contribution in [3.8, 4) is 0 Å². The number of hydrogen-bond donors (Lipinski definition) is 1. The van der Waals surface area contributed by atoms with Gasteiger partial charge in [0.1, 0.15) is 6.26 Å². The molecule has 2 amide bonds. The molecule has 0 unspecified atom stereocenters. The molecule has 172 valence electrons. The van der Waals surface area contributed by atoms with Crippen molar-refractivity contribution >= 4 is 28.3 Å². The number of nitrogens with zero attached hydrogens (tertiary/aromatic N) is 3. The average molecular weight is 465 g/mol. The molecule has 0 atom stereocenters. The molecule has 7 nitrogen and oxygen atoms in total. The lowest BCUT2D eigenvalue weighted by molar-refractivity contribution is -0.134. The maximum absolute atomic E-state index is 12.9. The molecular formula is C25H28N4O3S. The van der Waals surface area contributed by atoms with Gasteiger partial charge in [-0.2, -0.15) is 0 Å². The van der Waals surface area contributed by atoms with Crippen LogP contribution in [0.4, 0.5) is 5.13 Å². The summed E-state index contributed by atoms with van der Waals surface area (Å²) >= 11 is 1.49. The van der Waals surface area contributed by atoms with E-state index in [1.807, 2.05) is 4.90 Å². The van der Waals surface area contributed by atoms with Gasteiger partial charge in [0, 0.05) is 37.5 Å². The third-order valence-electron chi connectivity index (χ3n) is 6.51. The van der Waals surface area contributed by atoms with Gasteiger partial charge in [-0.05, 0) is 36.8 Å². The first-order chi connectivity index (χ1) is 16.1. The Bertz CT molecular complexity index is 1090. The number of rotatable bonds is 6. The Labute approximate surface area is 197 Å². The summed E-state index contributed by atoms with van der Waals surface area (Å²) in [5.41, 5.74) is 2.88. The Morgan fingerprint density at radius 1 is 1.12 bits per heavy atom. The monoisotopic (exact) mass is 464 g/mol. The van der Waals surface area contributed by atoms with E-state index in [2.05, 4.69) is 45.5 Å². The molecule has 33 heavy (non-hydrogen) atoms. The number of furan rings is 1. The van der Waals surface area contributed by atoms with E-state index < -0.39 is 0 Å². The number of benzene rings is 1. The van der Waals surface area contributed by atoms with Crippen LogP contribution in [0, 0.1) is 5.92 Å². The zero-order valence-corrected chi connectivity index (χ0v) is 19.4. The van der Waals surface area contributed by atoms with Crippen LogP contribution in [0.15, 0.2) is 53.3 Å². The van der Waals surface area contributed by atoms with Gasteiger partial charge in [-0.3, -0.25) is 19.8 Å². The van der Waals surface area contributed by atoms with Gasteiger partial charge in [0.05, 0.1) is 24.1 Å². The molecule has 2 aliphatic heterocycles. The van der Waals surface area contributed by atoms with Crippen molar-refractivity contribution in [1.82, 2.24) is 14.8 Å². The molecule has 1 N–H and O–H groups in total. The number of likely N-dealkylation sites (tertiary alicyclic amines) is 1. The first-order valence-electron chi connectivity index (χ1n) is 11.5. The van der Waals surface area contributed by atoms with Crippen LogP contribution < -0.4 is 5.32 Å². The molecule has 1 aromatic carbocycles. The highest BCUT2D eigenvalue weighted by atomic mass is 32.1. The quantitative estimate of drug-likeness (QED) is 0.600. The molecular weight excluding hydrogens is 436 g/mol. The molecule has 0 spiro atoms. The fourth-order valence-electron chi connectivity index (χ4n) is 4.62. The average Bonchev–Trinajstić information content (AvgIpc) is 3.50. The van der Waals surface area contributed by atoms with Crippen molar-refractivity contribution in [2.24, 2.45) is 5.92 Å². The first-order valence-corrected chi connectivity index (χ1v) is 12.3. The lowest BCUT2D eigenvalue weighted by atomic mass is 9.90. The predicted octanol–water partition coefficient (Wildman–Crippen LogP) is 3.83. The number of hydrogen-bond acceptors (Lipinski definition) is 6. The van der Waals surface area contributed by atoms with Gasteiger partial charge in [-0.15, -0.1) is 11.3 Å². The number of anilines is 1. The summed E-state index contributed by atoms with van der Waals surface area (Å²) in [4.78, 5) is 35.1. The standard InChI is InChI=1S/C25H28N4O3S/c30-23(29-11-6-19(7-12-29)14-18-4-2-1-3-5-18)16-28-10-8-21-22(15-28)33-25(26-21)27-24(31)20-9-13-32-17-20/h1-5,9,13,17,19H,6-8,10-12,14-16H2,(H,26,27,31). The van der Waals surface area contributed by atoms with Crippen molar-refractivity contribution in [2.45, 2.75) is 32.2 Å². The highest BCUT2D eigenvalue weighted by Crippen LogP contribution is 2.29. The molecule has 0 bridgehead atoms. The number of thiazole rings is 1. The fraction of sp³-hybridized carbons (Fsp3) is 0.400. The topological polar surface area (TPSA) is 78.7 Å². The van der Waals surface area contributed by atoms with Crippen molar-refractivity contribution in [1.29, 1.82) is 0 Å². The second-order valence-electron chi connectivity index (χ2n) is 8.83. The molecule has 0 saturated carbocycles. The van der Waals surface area contributed by atoms with E-state index in [1.165, 1.54) is 29.4 Å². The zero-order chi connectivity index (χ0) is 22.6. The molecule has 4 heterocycles. The molecule has 3 aromatic rings. The molecule has 1 saturated heterocycles. The molecule has 0 aliphatic carbocycles. The van der Waals surface area contributed by atoms with Crippen LogP contribution >= 0.6 is 11.3 Å². The van der Waals surface area contributed by atoms with Crippen LogP contribution in [-0.4, -0.2) is 52.8 Å². The smallest absolute Gasteiger partial charge is 0.260 e. The SMILES string of the molecule is O=C(Nc1nc2c(s1)CN(CC(=O)N1CCC(Cc3ccccc3)CC1)CC2)c1ccoc1. The van der Waals surface area contributed by atoms with E-state index in [-0.39, 0.29) is 11.8 Å². The number of aromatic nitrogens is 1. The van der Waals surface area contributed by atoms with E-state index in [4.69, 9.17) is 4.42 Å². The number of carbonyl (C=O) groups is 2. The summed E-state index contributed by atoms with van der Waals surface area (Å²) in [6.45, 7) is 3.64. The van der Waals surface area contributed by atoms with E-state index in [0.717, 1.165) is 55.9 Å². The van der Waals surface area contributed by atoms with Crippen molar-refractivity contribution in [3.63, 3.8) is 0 Å². The third-order valence-corrected chi connectivity index (χ3v) is 7.51. The predicted molar refractivity (Wildman–Crippen MR) is 127 cm³/mol. The van der Waals surface area contributed by atoms with Crippen molar-refractivity contribution in [3.05, 3.63) is 70.6 Å². The normalized spacial score (nSPS) is 17.0. The summed E-state index contributed by atoms with van der Waals surface area (Å²) in [5.74, 6) is 0.647. The Balaban J connectivity index is 1.10. The summed E-state index contributed by atoms with van der Waals surface area (Å²) in [7, 11) is 0. The third kappa shape index (κ3) is 5.34. The molecule has 1 fully saturated rings. The van der Waals surface area contributed by atoms with Crippen LogP contribution in [0.3, 0.4) is 0 Å². The Morgan fingerprint density at radius 2 is 1.94 bits per heavy atom. The number of piperidine rings is 1. The maximum Gasteiger partial charge on any atom is 0.260 e. The van der Waals surface area contributed by atoms with Crippen LogP contribution in [0.2, 0.25) is 0 Å². The first kappa shape index (κ1) is 21.9. The number of amides is 2. The van der Waals surface area contributed by atoms with Gasteiger partial charge in [-0.1, -0.05) is 30.3 Å². The van der Waals surface area contributed by atoms with Gasteiger partial charge in [0.25, 0.3) is 5.91 Å². The lowest BCUT2D eigenvalue weighted by Crippen LogP contribution is -2.45. The number of carbonyl (C=O) groups excluding carboxylic acids is 2. The Morgan fingerprint density at radius 3 is 2.70 bits per heavy atom. The number of fused-ring (bicyclic) bond motifs is 1. The Kier molecular flexibility index (Phi) is 6.55. The highest BCUT2D eigenvalue weighted by molar-refractivity contribution is 7.15. The Hall–Kier alpha value is -2.97. The lowest BCUT2D eigenvalue weighted by Gasteiger charge is -2.34. The van der Waals surface area contributed by atoms with Crippen molar-refractivity contribution in [2.75, 3.05) is 31.5 Å². The van der Waals surface area contributed by atoms with E-state index in [1.54, 1.807) is 6.07 Å². The molecule has 8 heteroatoms. The van der Waals surface area contributed by atoms with E-state index >= 15 is 0 Å². The van der Waals surface area contributed by atoms with Gasteiger partial charge in [0.15, 0.2) is 5.13 Å². The minimum atomic E-state index is -0.224. The van der Waals surface area contributed by atoms with Gasteiger partial charge in [-0.25, -0.2) is 4.98 Å².